The topological polar surface area (TPSA) is 90.5 Å². The summed E-state index contributed by atoms with van der Waals surface area (Å²) in [6.07, 6.45) is 3.24. The molecule has 1 aromatic rings. The minimum absolute atomic E-state index is 0.127. The van der Waals surface area contributed by atoms with E-state index in [1.807, 2.05) is 0 Å². The number of nitrogens with zero attached hydrogens (tertiary/aromatic N) is 1. The summed E-state index contributed by atoms with van der Waals surface area (Å²) in [7, 11) is 0. The highest BCUT2D eigenvalue weighted by Gasteiger charge is 2.21. The zero-order valence-electron chi connectivity index (χ0n) is 18.2. The molecule has 1 saturated heterocycles. The van der Waals surface area contributed by atoms with Crippen molar-refractivity contribution in [3.8, 4) is 0 Å². The SMILES string of the molecule is CC1CC(C)CN(CCCCNC(=O)CNC(=O)CNC(=O)c2ccc(Cl)cc2Cl)C1. The Balaban J connectivity index is 1.54. The lowest BCUT2D eigenvalue weighted by Gasteiger charge is -2.34. The molecule has 0 spiro atoms. The summed E-state index contributed by atoms with van der Waals surface area (Å²) in [6.45, 7) is 8.17. The maximum atomic E-state index is 12.1. The molecule has 0 aliphatic carbocycles. The minimum atomic E-state index is -0.487. The third-order valence-electron chi connectivity index (χ3n) is 5.20. The summed E-state index contributed by atoms with van der Waals surface area (Å²) >= 11 is 11.8. The molecule has 0 aromatic heterocycles. The molecule has 3 amide bonds. The monoisotopic (exact) mass is 470 g/mol. The van der Waals surface area contributed by atoms with Crippen LogP contribution < -0.4 is 16.0 Å². The van der Waals surface area contributed by atoms with Crippen LogP contribution in [0.3, 0.4) is 0 Å². The zero-order valence-corrected chi connectivity index (χ0v) is 19.7. The summed E-state index contributed by atoms with van der Waals surface area (Å²) in [6, 6.07) is 4.48. The van der Waals surface area contributed by atoms with Gasteiger partial charge in [0.25, 0.3) is 5.91 Å². The predicted molar refractivity (Wildman–Crippen MR) is 123 cm³/mol. The Bertz CT molecular complexity index is 765. The summed E-state index contributed by atoms with van der Waals surface area (Å²) in [4.78, 5) is 38.3. The molecule has 7 nitrogen and oxygen atoms in total. The van der Waals surface area contributed by atoms with E-state index in [1.165, 1.54) is 18.6 Å². The van der Waals surface area contributed by atoms with Gasteiger partial charge in [-0.1, -0.05) is 37.0 Å². The van der Waals surface area contributed by atoms with Gasteiger partial charge in [0.15, 0.2) is 0 Å². The molecule has 2 rings (SSSR count). The number of carbonyl (C=O) groups is 3. The highest BCUT2D eigenvalue weighted by molar-refractivity contribution is 6.36. The van der Waals surface area contributed by atoms with Gasteiger partial charge in [-0.3, -0.25) is 14.4 Å². The van der Waals surface area contributed by atoms with Crippen molar-refractivity contribution in [1.82, 2.24) is 20.9 Å². The van der Waals surface area contributed by atoms with Crippen LogP contribution in [0, 0.1) is 11.8 Å². The number of unbranched alkanes of at least 4 members (excludes halogenated alkanes) is 1. The average Bonchev–Trinajstić information content (AvgIpc) is 2.69. The van der Waals surface area contributed by atoms with Crippen molar-refractivity contribution in [1.29, 1.82) is 0 Å². The molecular formula is C22H32Cl2N4O3. The molecule has 0 bridgehead atoms. The molecule has 9 heteroatoms. The number of piperidine rings is 1. The second-order valence-corrected chi connectivity index (χ2v) is 9.19. The molecule has 1 fully saturated rings. The number of amides is 3. The van der Waals surface area contributed by atoms with E-state index in [0.29, 0.717) is 11.6 Å². The van der Waals surface area contributed by atoms with Crippen LogP contribution in [-0.4, -0.2) is 61.9 Å². The zero-order chi connectivity index (χ0) is 22.8. The fourth-order valence-corrected chi connectivity index (χ4v) is 4.39. The van der Waals surface area contributed by atoms with Gasteiger partial charge in [-0.2, -0.15) is 0 Å². The molecule has 31 heavy (non-hydrogen) atoms. The largest absolute Gasteiger partial charge is 0.355 e. The molecule has 0 saturated carbocycles. The highest BCUT2D eigenvalue weighted by Crippen LogP contribution is 2.21. The number of nitrogens with one attached hydrogen (secondary N) is 3. The Morgan fingerprint density at radius 3 is 2.29 bits per heavy atom. The van der Waals surface area contributed by atoms with Crippen LogP contribution >= 0.6 is 23.2 Å². The quantitative estimate of drug-likeness (QED) is 0.458. The molecule has 1 heterocycles. The van der Waals surface area contributed by atoms with Gasteiger partial charge in [0.1, 0.15) is 0 Å². The van der Waals surface area contributed by atoms with Crippen LogP contribution in [0.5, 0.6) is 0 Å². The van der Waals surface area contributed by atoms with Crippen LogP contribution in [-0.2, 0) is 9.59 Å². The minimum Gasteiger partial charge on any atom is -0.355 e. The van der Waals surface area contributed by atoms with E-state index in [4.69, 9.17) is 23.2 Å². The fourth-order valence-electron chi connectivity index (χ4n) is 3.90. The Hall–Kier alpha value is -1.83. The van der Waals surface area contributed by atoms with Crippen molar-refractivity contribution < 1.29 is 14.4 Å². The smallest absolute Gasteiger partial charge is 0.253 e. The third-order valence-corrected chi connectivity index (χ3v) is 5.75. The van der Waals surface area contributed by atoms with E-state index in [9.17, 15) is 14.4 Å². The second-order valence-electron chi connectivity index (χ2n) is 8.35. The van der Waals surface area contributed by atoms with E-state index in [-0.39, 0.29) is 29.6 Å². The number of rotatable bonds is 10. The number of likely N-dealkylation sites (tertiary alicyclic amines) is 1. The molecule has 0 radical (unpaired) electrons. The lowest BCUT2D eigenvalue weighted by Crippen LogP contribution is -2.42. The average molecular weight is 471 g/mol. The van der Waals surface area contributed by atoms with Gasteiger partial charge in [0, 0.05) is 24.7 Å². The Kier molecular flexibility index (Phi) is 10.6. The van der Waals surface area contributed by atoms with Gasteiger partial charge in [-0.15, -0.1) is 0 Å². The number of hydrogen-bond donors (Lipinski definition) is 3. The molecule has 172 valence electrons. The Morgan fingerprint density at radius 1 is 0.968 bits per heavy atom. The van der Waals surface area contributed by atoms with E-state index >= 15 is 0 Å². The van der Waals surface area contributed by atoms with Crippen molar-refractivity contribution >= 4 is 40.9 Å². The maximum Gasteiger partial charge on any atom is 0.253 e. The molecule has 2 unspecified atom stereocenters. The van der Waals surface area contributed by atoms with Crippen molar-refractivity contribution in [2.24, 2.45) is 11.8 Å². The van der Waals surface area contributed by atoms with E-state index in [0.717, 1.165) is 44.3 Å². The van der Waals surface area contributed by atoms with E-state index < -0.39 is 11.8 Å². The summed E-state index contributed by atoms with van der Waals surface area (Å²) in [5.41, 5.74) is 0.227. The van der Waals surface area contributed by atoms with Crippen LogP contribution in [0.25, 0.3) is 0 Å². The lowest BCUT2D eigenvalue weighted by molar-refractivity contribution is -0.125. The number of halogens is 2. The van der Waals surface area contributed by atoms with Crippen LogP contribution in [0.2, 0.25) is 10.0 Å². The van der Waals surface area contributed by atoms with Gasteiger partial charge in [0.2, 0.25) is 11.8 Å². The van der Waals surface area contributed by atoms with Crippen molar-refractivity contribution in [2.75, 3.05) is 39.3 Å². The molecule has 1 aromatic carbocycles. The van der Waals surface area contributed by atoms with E-state index in [2.05, 4.69) is 34.7 Å². The van der Waals surface area contributed by atoms with Crippen LogP contribution in [0.1, 0.15) is 43.5 Å². The maximum absolute atomic E-state index is 12.1. The number of hydrogen-bond acceptors (Lipinski definition) is 4. The Labute approximate surface area is 194 Å². The van der Waals surface area contributed by atoms with Gasteiger partial charge >= 0.3 is 0 Å². The summed E-state index contributed by atoms with van der Waals surface area (Å²) < 4.78 is 0. The first kappa shape index (κ1) is 25.4. The molecule has 3 N–H and O–H groups in total. The predicted octanol–water partition coefficient (Wildman–Crippen LogP) is 2.71. The van der Waals surface area contributed by atoms with Crippen LogP contribution in [0.4, 0.5) is 0 Å². The van der Waals surface area contributed by atoms with Crippen molar-refractivity contribution in [3.63, 3.8) is 0 Å². The molecular weight excluding hydrogens is 439 g/mol. The van der Waals surface area contributed by atoms with Crippen LogP contribution in [0.15, 0.2) is 18.2 Å². The van der Waals surface area contributed by atoms with E-state index in [1.54, 1.807) is 6.07 Å². The summed E-state index contributed by atoms with van der Waals surface area (Å²) in [5, 5.41) is 8.38. The Morgan fingerprint density at radius 2 is 1.61 bits per heavy atom. The molecule has 1 aliphatic heterocycles. The standard InChI is InChI=1S/C22H32Cl2N4O3/c1-15-9-16(2)14-28(13-15)8-4-3-7-25-20(29)11-26-21(30)12-27-22(31)18-6-5-17(23)10-19(18)24/h5-6,10,15-16H,3-4,7-9,11-14H2,1-2H3,(H,25,29)(H,26,30)(H,27,31). The highest BCUT2D eigenvalue weighted by atomic mass is 35.5. The van der Waals surface area contributed by atoms with Gasteiger partial charge in [-0.05, 0) is 55.8 Å². The first-order valence-electron chi connectivity index (χ1n) is 10.7. The normalized spacial score (nSPS) is 19.0. The first-order valence-corrected chi connectivity index (χ1v) is 11.5. The van der Waals surface area contributed by atoms with Gasteiger partial charge in [0.05, 0.1) is 23.7 Å². The summed E-state index contributed by atoms with van der Waals surface area (Å²) in [5.74, 6) is 0.307. The second kappa shape index (κ2) is 12.9. The first-order chi connectivity index (χ1) is 14.7. The molecule has 1 aliphatic rings. The van der Waals surface area contributed by atoms with Crippen molar-refractivity contribution in [3.05, 3.63) is 33.8 Å². The van der Waals surface area contributed by atoms with Crippen molar-refractivity contribution in [2.45, 2.75) is 33.1 Å². The number of carbonyl (C=O) groups excluding carboxylic acids is 3. The van der Waals surface area contributed by atoms with Gasteiger partial charge < -0.3 is 20.9 Å². The number of benzene rings is 1. The molecule has 2 atom stereocenters. The fraction of sp³-hybridized carbons (Fsp3) is 0.591. The van der Waals surface area contributed by atoms with Gasteiger partial charge in [-0.25, -0.2) is 0 Å². The third kappa shape index (κ3) is 9.46. The lowest BCUT2D eigenvalue weighted by atomic mass is 9.92.